The van der Waals surface area contributed by atoms with Gasteiger partial charge in [-0.3, -0.25) is 4.79 Å². The molecule has 0 heterocycles. The summed E-state index contributed by atoms with van der Waals surface area (Å²) in [4.78, 5) is 12.5. The molecule has 2 unspecified atom stereocenters. The van der Waals surface area contributed by atoms with Crippen LogP contribution < -0.4 is 0 Å². The van der Waals surface area contributed by atoms with Crippen LogP contribution in [0.3, 0.4) is 0 Å². The second-order valence-electron chi connectivity index (χ2n) is 7.53. The van der Waals surface area contributed by atoms with Crippen LogP contribution in [0.1, 0.15) is 55.7 Å². The lowest BCUT2D eigenvalue weighted by Gasteiger charge is -2.34. The van der Waals surface area contributed by atoms with Gasteiger partial charge in [-0.1, -0.05) is 87.5 Å². The lowest BCUT2D eigenvalue weighted by molar-refractivity contribution is -0.146. The van der Waals surface area contributed by atoms with Gasteiger partial charge in [0.05, 0.1) is 6.07 Å². The van der Waals surface area contributed by atoms with Crippen molar-refractivity contribution in [2.45, 2.75) is 39.0 Å². The molecule has 0 spiro atoms. The normalized spacial score (nSPS) is 14.4. The van der Waals surface area contributed by atoms with E-state index in [4.69, 9.17) is 0 Å². The Hall–Kier alpha value is -3.12. The minimum Gasteiger partial charge on any atom is -0.480 e. The molecule has 0 saturated heterocycles. The third kappa shape index (κ3) is 3.16. The van der Waals surface area contributed by atoms with E-state index in [1.54, 1.807) is 6.92 Å². The maximum Gasteiger partial charge on any atom is 0.325 e. The van der Waals surface area contributed by atoms with Crippen LogP contribution in [0.5, 0.6) is 0 Å². The molecule has 0 aliphatic carbocycles. The van der Waals surface area contributed by atoms with E-state index in [-0.39, 0.29) is 12.3 Å². The molecule has 3 aromatic carbocycles. The standard InChI is InChI=1S/C25H25NO2/c1-4-25(16-26,24(27)28)23(21-14-8-7-12-19(21)17(2)3)22-15-9-11-18-10-5-6-13-20(18)22/h5-15,17,23H,4H2,1-3H3,(H,27,28). The Morgan fingerprint density at radius 2 is 1.54 bits per heavy atom. The quantitative estimate of drug-likeness (QED) is 0.569. The number of aliphatic carboxylic acids is 1. The number of carboxylic acid groups (broad SMARTS) is 1. The molecule has 0 amide bonds. The van der Waals surface area contributed by atoms with Gasteiger partial charge in [-0.05, 0) is 39.8 Å². The molecule has 2 atom stereocenters. The second-order valence-corrected chi connectivity index (χ2v) is 7.53. The predicted octanol–water partition coefficient (Wildman–Crippen LogP) is 6.10. The highest BCUT2D eigenvalue weighted by atomic mass is 16.4. The molecule has 0 fully saturated rings. The third-order valence-corrected chi connectivity index (χ3v) is 5.70. The molecule has 3 nitrogen and oxygen atoms in total. The van der Waals surface area contributed by atoms with E-state index in [1.165, 1.54) is 0 Å². The summed E-state index contributed by atoms with van der Waals surface area (Å²) in [7, 11) is 0. The molecule has 0 radical (unpaired) electrons. The number of carboxylic acids is 1. The van der Waals surface area contributed by atoms with Crippen LogP contribution in [-0.4, -0.2) is 11.1 Å². The van der Waals surface area contributed by atoms with Gasteiger partial charge in [0.15, 0.2) is 5.41 Å². The third-order valence-electron chi connectivity index (χ3n) is 5.70. The van der Waals surface area contributed by atoms with Crippen molar-refractivity contribution in [1.29, 1.82) is 5.26 Å². The van der Waals surface area contributed by atoms with Gasteiger partial charge in [0.1, 0.15) is 0 Å². The van der Waals surface area contributed by atoms with Gasteiger partial charge in [-0.15, -0.1) is 0 Å². The van der Waals surface area contributed by atoms with E-state index in [9.17, 15) is 15.2 Å². The van der Waals surface area contributed by atoms with E-state index in [2.05, 4.69) is 19.9 Å². The lowest BCUT2D eigenvalue weighted by atomic mass is 9.65. The Labute approximate surface area is 166 Å². The van der Waals surface area contributed by atoms with Crippen molar-refractivity contribution in [2.75, 3.05) is 0 Å². The highest BCUT2D eigenvalue weighted by Crippen LogP contribution is 2.47. The summed E-state index contributed by atoms with van der Waals surface area (Å²) in [5, 5.41) is 22.3. The fraction of sp³-hybridized carbons (Fsp3) is 0.280. The first-order chi connectivity index (χ1) is 13.5. The Kier molecular flexibility index (Phi) is 5.51. The Bertz CT molecular complexity index is 1040. The van der Waals surface area contributed by atoms with Crippen LogP contribution in [0.4, 0.5) is 0 Å². The molecular weight excluding hydrogens is 346 g/mol. The van der Waals surface area contributed by atoms with Crippen LogP contribution in [0.2, 0.25) is 0 Å². The molecule has 3 aromatic rings. The van der Waals surface area contributed by atoms with Gasteiger partial charge in [0, 0.05) is 5.92 Å². The van der Waals surface area contributed by atoms with Gasteiger partial charge in [-0.2, -0.15) is 5.26 Å². The predicted molar refractivity (Wildman–Crippen MR) is 112 cm³/mol. The SMILES string of the molecule is CCC(C#N)(C(=O)O)C(c1ccccc1C(C)C)c1cccc2ccccc12. The molecule has 1 N–H and O–H groups in total. The first-order valence-electron chi connectivity index (χ1n) is 9.67. The number of hydrogen-bond acceptors (Lipinski definition) is 2. The van der Waals surface area contributed by atoms with Crippen molar-refractivity contribution >= 4 is 16.7 Å². The van der Waals surface area contributed by atoms with E-state index in [0.29, 0.717) is 0 Å². The summed E-state index contributed by atoms with van der Waals surface area (Å²) in [6, 6.07) is 24.0. The number of hydrogen-bond donors (Lipinski definition) is 1. The number of benzene rings is 3. The van der Waals surface area contributed by atoms with Gasteiger partial charge < -0.3 is 5.11 Å². The van der Waals surface area contributed by atoms with Crippen LogP contribution >= 0.6 is 0 Å². The fourth-order valence-corrected chi connectivity index (χ4v) is 4.17. The van der Waals surface area contributed by atoms with Crippen molar-refractivity contribution in [3.8, 4) is 6.07 Å². The lowest BCUT2D eigenvalue weighted by Crippen LogP contribution is -2.37. The van der Waals surface area contributed by atoms with Crippen LogP contribution in [0.25, 0.3) is 10.8 Å². The molecule has 0 aliphatic heterocycles. The zero-order valence-corrected chi connectivity index (χ0v) is 16.5. The highest BCUT2D eigenvalue weighted by molar-refractivity contribution is 5.89. The number of fused-ring (bicyclic) bond motifs is 1. The molecule has 3 rings (SSSR count). The molecule has 0 aliphatic rings. The minimum atomic E-state index is -1.55. The zero-order chi connectivity index (χ0) is 20.3. The fourth-order valence-electron chi connectivity index (χ4n) is 4.17. The summed E-state index contributed by atoms with van der Waals surface area (Å²) in [5.74, 6) is -1.42. The Balaban J connectivity index is 2.43. The van der Waals surface area contributed by atoms with Crippen molar-refractivity contribution in [2.24, 2.45) is 5.41 Å². The zero-order valence-electron chi connectivity index (χ0n) is 16.5. The number of carbonyl (C=O) groups is 1. The molecule has 142 valence electrons. The van der Waals surface area contributed by atoms with Gasteiger partial charge in [0.25, 0.3) is 0 Å². The Morgan fingerprint density at radius 1 is 0.964 bits per heavy atom. The maximum absolute atomic E-state index is 12.5. The highest BCUT2D eigenvalue weighted by Gasteiger charge is 2.48. The van der Waals surface area contributed by atoms with Crippen molar-refractivity contribution < 1.29 is 9.90 Å². The number of nitrogens with zero attached hydrogens (tertiary/aromatic N) is 1. The number of rotatable bonds is 6. The van der Waals surface area contributed by atoms with Crippen LogP contribution in [-0.2, 0) is 4.79 Å². The Morgan fingerprint density at radius 3 is 2.14 bits per heavy atom. The van der Waals surface area contributed by atoms with Crippen molar-refractivity contribution in [3.05, 3.63) is 83.4 Å². The first kappa shape index (κ1) is 19.6. The average molecular weight is 371 g/mol. The smallest absolute Gasteiger partial charge is 0.325 e. The van der Waals surface area contributed by atoms with Crippen LogP contribution in [0, 0.1) is 16.7 Å². The molecule has 28 heavy (non-hydrogen) atoms. The molecule has 3 heteroatoms. The molecule has 0 aromatic heterocycles. The van der Waals surface area contributed by atoms with Crippen LogP contribution in [0.15, 0.2) is 66.7 Å². The van der Waals surface area contributed by atoms with Gasteiger partial charge in [0.2, 0.25) is 0 Å². The van der Waals surface area contributed by atoms with Gasteiger partial charge in [-0.25, -0.2) is 0 Å². The minimum absolute atomic E-state index is 0.218. The summed E-state index contributed by atoms with van der Waals surface area (Å²) >= 11 is 0. The first-order valence-corrected chi connectivity index (χ1v) is 9.67. The summed E-state index contributed by atoms with van der Waals surface area (Å²) < 4.78 is 0. The van der Waals surface area contributed by atoms with E-state index < -0.39 is 17.3 Å². The topological polar surface area (TPSA) is 61.1 Å². The summed E-state index contributed by atoms with van der Waals surface area (Å²) in [5.41, 5.74) is 1.33. The summed E-state index contributed by atoms with van der Waals surface area (Å²) in [6.45, 7) is 5.98. The second kappa shape index (κ2) is 7.86. The summed E-state index contributed by atoms with van der Waals surface area (Å²) in [6.07, 6.45) is 0.221. The van der Waals surface area contributed by atoms with E-state index in [0.717, 1.165) is 27.5 Å². The number of nitriles is 1. The maximum atomic E-state index is 12.5. The van der Waals surface area contributed by atoms with Crippen molar-refractivity contribution in [1.82, 2.24) is 0 Å². The van der Waals surface area contributed by atoms with Crippen molar-refractivity contribution in [3.63, 3.8) is 0 Å². The van der Waals surface area contributed by atoms with E-state index in [1.807, 2.05) is 66.7 Å². The molecule has 0 saturated carbocycles. The van der Waals surface area contributed by atoms with Gasteiger partial charge >= 0.3 is 5.97 Å². The molecular formula is C25H25NO2. The van der Waals surface area contributed by atoms with E-state index >= 15 is 0 Å². The largest absolute Gasteiger partial charge is 0.480 e. The average Bonchev–Trinajstić information content (AvgIpc) is 2.71. The monoisotopic (exact) mass is 371 g/mol. The molecule has 0 bridgehead atoms.